The van der Waals surface area contributed by atoms with Gasteiger partial charge in [0.1, 0.15) is 0 Å². The second-order valence-electron chi connectivity index (χ2n) is 17.8. The number of rotatable bonds is 7. The highest BCUT2D eigenvalue weighted by Gasteiger charge is 2.52. The zero-order chi connectivity index (χ0) is 51.8. The summed E-state index contributed by atoms with van der Waals surface area (Å²) >= 11 is 0. The molecule has 13 rings (SSSR count). The van der Waals surface area contributed by atoms with Gasteiger partial charge in [-0.25, -0.2) is 0 Å². The van der Waals surface area contributed by atoms with Crippen LogP contribution in [0.4, 0.5) is 34.1 Å². The molecule has 10 aromatic carbocycles. The van der Waals surface area contributed by atoms with Gasteiger partial charge in [-0.15, -0.1) is 0 Å². The Morgan fingerprint density at radius 2 is 0.727 bits per heavy atom. The summed E-state index contributed by atoms with van der Waals surface area (Å²) in [5.74, 6) is 0. The van der Waals surface area contributed by atoms with Crippen molar-refractivity contribution in [2.45, 2.75) is 24.7 Å². The lowest BCUT2D eigenvalue weighted by atomic mass is 9.70. The molecule has 0 radical (unpaired) electrons. The van der Waals surface area contributed by atoms with Gasteiger partial charge in [-0.3, -0.25) is 0 Å². The summed E-state index contributed by atoms with van der Waals surface area (Å²) in [4.78, 5) is 4.08. The van der Waals surface area contributed by atoms with E-state index in [1.54, 1.807) is 0 Å². The maximum atomic E-state index is 10.1. The standard InChI is InChI=1S/C64H46N2/c1-63(2)57-30-15-12-27-51(57)54-36-33-48(40-60(54)63)66(47-26-18-21-44(39-47)43-19-6-3-7-20-43)50-35-38-56-53-29-14-17-32-59(53)64(62(56)42-50)58-31-16-13-28-52(58)55-37-34-49(41-61(55)64)65(45-22-8-4-9-23-45)46-24-10-5-11-25-46/h3-42H,1-2H3/i3D,6D,7D,18D,19D,20D,21D,26D,39D. The Bertz CT molecular complexity index is 3980. The number of fused-ring (bicyclic) bond motifs is 13. The summed E-state index contributed by atoms with van der Waals surface area (Å²) < 4.78 is 82.2. The van der Waals surface area contributed by atoms with E-state index in [1.807, 2.05) is 65.6 Å². The van der Waals surface area contributed by atoms with E-state index in [2.05, 4.69) is 146 Å². The number of anilines is 6. The number of nitrogens with zero attached hydrogens (tertiary/aromatic N) is 2. The van der Waals surface area contributed by atoms with Crippen LogP contribution in [0.3, 0.4) is 0 Å². The summed E-state index contributed by atoms with van der Waals surface area (Å²) in [6.07, 6.45) is 0. The minimum Gasteiger partial charge on any atom is -0.310 e. The van der Waals surface area contributed by atoms with E-state index in [-0.39, 0.29) is 16.8 Å². The van der Waals surface area contributed by atoms with E-state index in [0.29, 0.717) is 11.4 Å². The molecule has 0 heterocycles. The zero-order valence-electron chi connectivity index (χ0n) is 45.3. The molecule has 3 aliphatic carbocycles. The topological polar surface area (TPSA) is 6.48 Å². The van der Waals surface area contributed by atoms with E-state index in [4.69, 9.17) is 6.85 Å². The Balaban J connectivity index is 1.11. The van der Waals surface area contributed by atoms with Crippen LogP contribution in [0, 0.1) is 0 Å². The molecule has 3 aliphatic rings. The molecule has 312 valence electrons. The second kappa shape index (κ2) is 14.7. The molecule has 0 aromatic heterocycles. The van der Waals surface area contributed by atoms with Crippen LogP contribution in [0.25, 0.3) is 44.5 Å². The van der Waals surface area contributed by atoms with Crippen molar-refractivity contribution in [2.75, 3.05) is 9.80 Å². The molecule has 10 aromatic rings. The highest BCUT2D eigenvalue weighted by molar-refractivity contribution is 5.98. The lowest BCUT2D eigenvalue weighted by molar-refractivity contribution is 0.660. The smallest absolute Gasteiger partial charge is 0.0727 e. The highest BCUT2D eigenvalue weighted by Crippen LogP contribution is 2.64. The largest absolute Gasteiger partial charge is 0.310 e. The third-order valence-corrected chi connectivity index (χ3v) is 14.0. The normalized spacial score (nSPS) is 17.2. The van der Waals surface area contributed by atoms with Crippen LogP contribution in [-0.4, -0.2) is 0 Å². The molecule has 0 fully saturated rings. The molecule has 0 saturated heterocycles. The molecule has 1 atom stereocenters. The fourth-order valence-electron chi connectivity index (χ4n) is 11.2. The Hall–Kier alpha value is -8.20. The SMILES string of the molecule is [2H]c1c([2H])c([2H])c(-c2c([2H])c([2H])c([2H])c(N(c3ccc4c(c3)C(C)(C)c3ccccc3-4)c3ccc4c(c3)C3(c5ccccc5-c5ccc(N(c6ccccc6)c6ccccc6)cc53)c3ccccc3-4)c2[2H])c([2H])c1[2H]. The average Bonchev–Trinajstić information content (AvgIpc) is 4.14. The third-order valence-electron chi connectivity index (χ3n) is 14.0. The van der Waals surface area contributed by atoms with Crippen LogP contribution in [0.2, 0.25) is 0 Å². The predicted octanol–water partition coefficient (Wildman–Crippen LogP) is 16.9. The lowest BCUT2D eigenvalue weighted by Gasteiger charge is -2.33. The van der Waals surface area contributed by atoms with Crippen molar-refractivity contribution in [3.63, 3.8) is 0 Å². The first-order valence-corrected chi connectivity index (χ1v) is 22.4. The summed E-state index contributed by atoms with van der Waals surface area (Å²) in [6, 6.07) is 60.2. The van der Waals surface area contributed by atoms with E-state index >= 15 is 0 Å². The fraction of sp³-hybridized carbons (Fsp3) is 0.0625. The van der Waals surface area contributed by atoms with E-state index in [0.717, 1.165) is 83.8 Å². The van der Waals surface area contributed by atoms with Gasteiger partial charge in [-0.05, 0) is 151 Å². The number of para-hydroxylation sites is 2. The van der Waals surface area contributed by atoms with Gasteiger partial charge in [0.25, 0.3) is 0 Å². The maximum Gasteiger partial charge on any atom is 0.0727 e. The summed E-state index contributed by atoms with van der Waals surface area (Å²) in [6.45, 7) is 4.36. The molecule has 0 saturated carbocycles. The lowest BCUT2D eigenvalue weighted by Crippen LogP contribution is -2.26. The number of hydrogen-bond donors (Lipinski definition) is 0. The Morgan fingerprint density at radius 3 is 1.27 bits per heavy atom. The van der Waals surface area contributed by atoms with Crippen LogP contribution >= 0.6 is 0 Å². The van der Waals surface area contributed by atoms with Crippen LogP contribution in [0.1, 0.15) is 59.6 Å². The zero-order valence-corrected chi connectivity index (χ0v) is 36.3. The average molecular weight is 852 g/mol. The molecular formula is C64H46N2. The van der Waals surface area contributed by atoms with Crippen LogP contribution < -0.4 is 9.80 Å². The van der Waals surface area contributed by atoms with Gasteiger partial charge < -0.3 is 9.80 Å². The third kappa shape index (κ3) is 5.55. The molecule has 1 spiro atoms. The molecule has 0 bridgehead atoms. The summed E-state index contributed by atoms with van der Waals surface area (Å²) in [5.41, 5.74) is 15.0. The van der Waals surface area contributed by atoms with Crippen molar-refractivity contribution in [3.05, 3.63) is 276 Å². The molecule has 2 nitrogen and oxygen atoms in total. The van der Waals surface area contributed by atoms with Gasteiger partial charge in [-0.1, -0.05) is 184 Å². The minimum absolute atomic E-state index is 0.0635. The Labute approximate surface area is 400 Å². The van der Waals surface area contributed by atoms with Crippen molar-refractivity contribution >= 4 is 34.1 Å². The molecule has 0 N–H and O–H groups in total. The maximum absolute atomic E-state index is 10.1. The quantitative estimate of drug-likeness (QED) is 0.158. The minimum atomic E-state index is -0.867. The van der Waals surface area contributed by atoms with Gasteiger partial charge in [0.2, 0.25) is 0 Å². The van der Waals surface area contributed by atoms with Crippen molar-refractivity contribution in [2.24, 2.45) is 0 Å². The fourth-order valence-corrected chi connectivity index (χ4v) is 11.2. The first kappa shape index (κ1) is 30.0. The van der Waals surface area contributed by atoms with Crippen molar-refractivity contribution in [1.82, 2.24) is 0 Å². The Morgan fingerprint density at radius 1 is 0.318 bits per heavy atom. The molecule has 0 aliphatic heterocycles. The molecule has 2 heteroatoms. The highest BCUT2D eigenvalue weighted by atomic mass is 15.1. The number of benzene rings is 10. The first-order chi connectivity index (χ1) is 36.2. The molecule has 66 heavy (non-hydrogen) atoms. The predicted molar refractivity (Wildman–Crippen MR) is 275 cm³/mol. The van der Waals surface area contributed by atoms with Crippen molar-refractivity contribution in [1.29, 1.82) is 0 Å². The van der Waals surface area contributed by atoms with Crippen molar-refractivity contribution in [3.8, 4) is 44.5 Å². The van der Waals surface area contributed by atoms with Gasteiger partial charge in [0, 0.05) is 39.5 Å². The van der Waals surface area contributed by atoms with Crippen LogP contribution in [0.5, 0.6) is 0 Å². The first-order valence-electron chi connectivity index (χ1n) is 26.9. The molecule has 1 unspecified atom stereocenters. The number of hydrogen-bond acceptors (Lipinski definition) is 2. The van der Waals surface area contributed by atoms with Gasteiger partial charge >= 0.3 is 0 Å². The summed E-state index contributed by atoms with van der Waals surface area (Å²) in [7, 11) is 0. The molecule has 0 amide bonds. The van der Waals surface area contributed by atoms with Gasteiger partial charge in [-0.2, -0.15) is 0 Å². The van der Waals surface area contributed by atoms with Gasteiger partial charge in [0.15, 0.2) is 0 Å². The van der Waals surface area contributed by atoms with Crippen molar-refractivity contribution < 1.29 is 12.3 Å². The second-order valence-corrected chi connectivity index (χ2v) is 17.8. The van der Waals surface area contributed by atoms with E-state index in [9.17, 15) is 5.48 Å². The van der Waals surface area contributed by atoms with Crippen LogP contribution in [-0.2, 0) is 10.8 Å². The van der Waals surface area contributed by atoms with E-state index in [1.165, 1.54) is 0 Å². The Kier molecular flexibility index (Phi) is 6.67. The van der Waals surface area contributed by atoms with Gasteiger partial charge in [0.05, 0.1) is 17.8 Å². The monoisotopic (exact) mass is 851 g/mol. The summed E-state index contributed by atoms with van der Waals surface area (Å²) in [5, 5.41) is 0. The molecular weight excluding hydrogens is 797 g/mol. The van der Waals surface area contributed by atoms with Crippen LogP contribution in [0.15, 0.2) is 242 Å². The van der Waals surface area contributed by atoms with E-state index < -0.39 is 65.2 Å².